The van der Waals surface area contributed by atoms with Gasteiger partial charge in [0.25, 0.3) is 5.89 Å². The number of aromatic nitrogens is 2. The van der Waals surface area contributed by atoms with Crippen LogP contribution in [0.25, 0.3) is 11.5 Å². The van der Waals surface area contributed by atoms with Crippen molar-refractivity contribution in [3.8, 4) is 11.5 Å². The molecule has 0 unspecified atom stereocenters. The van der Waals surface area contributed by atoms with Gasteiger partial charge in [-0.3, -0.25) is 0 Å². The summed E-state index contributed by atoms with van der Waals surface area (Å²) in [5.74, 6) is 0.374. The van der Waals surface area contributed by atoms with Crippen molar-refractivity contribution in [3.63, 3.8) is 0 Å². The monoisotopic (exact) mass is 441 g/mol. The van der Waals surface area contributed by atoms with E-state index in [1.807, 2.05) is 31.2 Å². The zero-order valence-electron chi connectivity index (χ0n) is 17.3. The van der Waals surface area contributed by atoms with E-state index < -0.39 is 16.0 Å². The van der Waals surface area contributed by atoms with Crippen LogP contribution in [0.3, 0.4) is 0 Å². The van der Waals surface area contributed by atoms with Gasteiger partial charge in [-0.25, -0.2) is 13.2 Å². The maximum absolute atomic E-state index is 13.2. The maximum atomic E-state index is 13.2. The molecule has 2 aromatic carbocycles. The lowest BCUT2D eigenvalue weighted by molar-refractivity contribution is 0.0596. The van der Waals surface area contributed by atoms with Gasteiger partial charge in [-0.05, 0) is 44.0 Å². The van der Waals surface area contributed by atoms with E-state index in [0.717, 1.165) is 11.1 Å². The Morgan fingerprint density at radius 1 is 1.13 bits per heavy atom. The molecular weight excluding hydrogens is 418 g/mol. The summed E-state index contributed by atoms with van der Waals surface area (Å²) in [6.07, 6.45) is 1.12. The molecular formula is C22H23N3O5S. The average Bonchev–Trinajstić information content (AvgIpc) is 3.29. The van der Waals surface area contributed by atoms with Crippen LogP contribution in [0.1, 0.15) is 40.5 Å². The van der Waals surface area contributed by atoms with E-state index in [9.17, 15) is 13.2 Å². The second kappa shape index (κ2) is 8.60. The number of benzene rings is 2. The predicted octanol–water partition coefficient (Wildman–Crippen LogP) is 3.40. The fourth-order valence-corrected chi connectivity index (χ4v) is 5.41. The molecule has 162 valence electrons. The summed E-state index contributed by atoms with van der Waals surface area (Å²) in [4.78, 5) is 16.5. The minimum atomic E-state index is -3.83. The Kier molecular flexibility index (Phi) is 5.88. The molecule has 0 N–H and O–H groups in total. The third-order valence-electron chi connectivity index (χ3n) is 5.44. The number of piperidine rings is 1. The summed E-state index contributed by atoms with van der Waals surface area (Å²) >= 11 is 0. The number of hydrogen-bond donors (Lipinski definition) is 0. The molecule has 1 aliphatic heterocycles. The molecule has 0 atom stereocenters. The van der Waals surface area contributed by atoms with Gasteiger partial charge in [0, 0.05) is 24.6 Å². The van der Waals surface area contributed by atoms with Crippen molar-refractivity contribution < 1.29 is 22.5 Å². The van der Waals surface area contributed by atoms with Crippen molar-refractivity contribution in [2.45, 2.75) is 30.6 Å². The number of ether oxygens (including phenoxy) is 1. The largest absolute Gasteiger partial charge is 0.465 e. The van der Waals surface area contributed by atoms with Gasteiger partial charge in [0.15, 0.2) is 5.82 Å². The number of aryl methyl sites for hydroxylation is 1. The number of carbonyl (C=O) groups is 1. The molecule has 9 heteroatoms. The fourth-order valence-electron chi connectivity index (χ4n) is 3.76. The minimum Gasteiger partial charge on any atom is -0.465 e. The van der Waals surface area contributed by atoms with Gasteiger partial charge in [-0.1, -0.05) is 35.0 Å². The molecule has 0 radical (unpaired) electrons. The summed E-state index contributed by atoms with van der Waals surface area (Å²) in [5, 5.41) is 4.12. The van der Waals surface area contributed by atoms with Gasteiger partial charge in [0.2, 0.25) is 10.0 Å². The number of sulfonamides is 1. The van der Waals surface area contributed by atoms with E-state index in [2.05, 4.69) is 10.1 Å². The van der Waals surface area contributed by atoms with E-state index in [4.69, 9.17) is 9.26 Å². The Hall–Kier alpha value is -3.04. The zero-order chi connectivity index (χ0) is 22.0. The third-order valence-corrected chi connectivity index (χ3v) is 7.39. The molecule has 31 heavy (non-hydrogen) atoms. The first-order valence-electron chi connectivity index (χ1n) is 9.98. The second-order valence-electron chi connectivity index (χ2n) is 7.49. The van der Waals surface area contributed by atoms with E-state index in [1.54, 1.807) is 12.1 Å². The van der Waals surface area contributed by atoms with Gasteiger partial charge in [-0.15, -0.1) is 0 Å². The van der Waals surface area contributed by atoms with Crippen LogP contribution in [0.15, 0.2) is 57.9 Å². The van der Waals surface area contributed by atoms with Gasteiger partial charge >= 0.3 is 5.97 Å². The molecule has 0 amide bonds. The summed E-state index contributed by atoms with van der Waals surface area (Å²) in [6, 6.07) is 13.9. The van der Waals surface area contributed by atoms with Crippen molar-refractivity contribution in [3.05, 3.63) is 65.5 Å². The molecule has 3 aromatic rings. The molecule has 1 saturated heterocycles. The quantitative estimate of drug-likeness (QED) is 0.559. The molecule has 4 rings (SSSR count). The highest BCUT2D eigenvalue weighted by Crippen LogP contribution is 2.31. The molecule has 1 aliphatic rings. The Morgan fingerprint density at radius 2 is 1.87 bits per heavy atom. The molecule has 0 saturated carbocycles. The van der Waals surface area contributed by atoms with Gasteiger partial charge in [0.1, 0.15) is 0 Å². The summed E-state index contributed by atoms with van der Waals surface area (Å²) < 4.78 is 37.9. The van der Waals surface area contributed by atoms with Crippen LogP contribution in [-0.4, -0.2) is 49.0 Å². The highest BCUT2D eigenvalue weighted by Gasteiger charge is 2.34. The number of hydrogen-bond acceptors (Lipinski definition) is 7. The van der Waals surface area contributed by atoms with Gasteiger partial charge in [0.05, 0.1) is 17.6 Å². The highest BCUT2D eigenvalue weighted by atomic mass is 32.2. The van der Waals surface area contributed by atoms with Crippen LogP contribution in [0.2, 0.25) is 0 Å². The van der Waals surface area contributed by atoms with Crippen molar-refractivity contribution in [1.82, 2.24) is 14.4 Å². The van der Waals surface area contributed by atoms with E-state index >= 15 is 0 Å². The number of esters is 1. The first-order valence-corrected chi connectivity index (χ1v) is 11.4. The Balaban J connectivity index is 1.49. The first-order chi connectivity index (χ1) is 14.9. The maximum Gasteiger partial charge on any atom is 0.339 e. The highest BCUT2D eigenvalue weighted by molar-refractivity contribution is 7.89. The van der Waals surface area contributed by atoms with Crippen LogP contribution in [-0.2, 0) is 14.8 Å². The Morgan fingerprint density at radius 3 is 2.58 bits per heavy atom. The molecule has 2 heterocycles. The van der Waals surface area contributed by atoms with Gasteiger partial charge < -0.3 is 9.26 Å². The number of nitrogens with zero attached hydrogens (tertiary/aromatic N) is 3. The molecule has 1 aromatic heterocycles. The molecule has 8 nitrogen and oxygen atoms in total. The number of rotatable bonds is 5. The fraction of sp³-hybridized carbons (Fsp3) is 0.318. The van der Waals surface area contributed by atoms with Crippen LogP contribution < -0.4 is 0 Å². The molecule has 0 aliphatic carbocycles. The lowest BCUT2D eigenvalue weighted by Gasteiger charge is -2.30. The summed E-state index contributed by atoms with van der Waals surface area (Å²) in [6.45, 7) is 2.60. The predicted molar refractivity (Wildman–Crippen MR) is 113 cm³/mol. The lowest BCUT2D eigenvalue weighted by atomic mass is 9.97. The van der Waals surface area contributed by atoms with E-state index in [-0.39, 0.29) is 16.4 Å². The van der Waals surface area contributed by atoms with Crippen LogP contribution in [0.5, 0.6) is 0 Å². The standard InChI is InChI=1S/C22H23N3O5S/c1-15-6-5-7-17(14-15)21-23-20(24-30-21)16-10-12-25(13-11-16)31(27,28)19-9-4-3-8-18(19)22(26)29-2/h3-9,14,16H,10-13H2,1-2H3. The Bertz CT molecular complexity index is 1200. The van der Waals surface area contributed by atoms with Crippen LogP contribution in [0.4, 0.5) is 0 Å². The van der Waals surface area contributed by atoms with Crippen molar-refractivity contribution in [2.75, 3.05) is 20.2 Å². The van der Waals surface area contributed by atoms with Crippen LogP contribution in [0, 0.1) is 6.92 Å². The minimum absolute atomic E-state index is 0.00427. The van der Waals surface area contributed by atoms with Crippen molar-refractivity contribution in [2.24, 2.45) is 0 Å². The van der Waals surface area contributed by atoms with Gasteiger partial charge in [-0.2, -0.15) is 9.29 Å². The van der Waals surface area contributed by atoms with Crippen LogP contribution >= 0.6 is 0 Å². The summed E-state index contributed by atoms with van der Waals surface area (Å²) in [7, 11) is -2.60. The average molecular weight is 442 g/mol. The molecule has 0 spiro atoms. The normalized spacial score (nSPS) is 15.7. The lowest BCUT2D eigenvalue weighted by Crippen LogP contribution is -2.38. The zero-order valence-corrected chi connectivity index (χ0v) is 18.1. The SMILES string of the molecule is COC(=O)c1ccccc1S(=O)(=O)N1CCC(c2noc(-c3cccc(C)c3)n2)CC1. The number of carbonyl (C=O) groups excluding carboxylic acids is 1. The first kappa shape index (κ1) is 21.2. The number of methoxy groups -OCH3 is 1. The smallest absolute Gasteiger partial charge is 0.339 e. The Labute approximate surface area is 180 Å². The van der Waals surface area contributed by atoms with Crippen molar-refractivity contribution in [1.29, 1.82) is 0 Å². The van der Waals surface area contributed by atoms with E-state index in [0.29, 0.717) is 37.6 Å². The third kappa shape index (κ3) is 4.24. The molecule has 1 fully saturated rings. The summed E-state index contributed by atoms with van der Waals surface area (Å²) in [5.41, 5.74) is 1.99. The van der Waals surface area contributed by atoms with E-state index in [1.165, 1.54) is 23.5 Å². The topological polar surface area (TPSA) is 103 Å². The van der Waals surface area contributed by atoms with Crippen molar-refractivity contribution >= 4 is 16.0 Å². The second-order valence-corrected chi connectivity index (χ2v) is 9.40. The molecule has 0 bridgehead atoms.